The van der Waals surface area contributed by atoms with E-state index in [1.165, 1.54) is 12.1 Å². The van der Waals surface area contributed by atoms with Gasteiger partial charge < -0.3 is 11.1 Å². The predicted molar refractivity (Wildman–Crippen MR) is 97.0 cm³/mol. The van der Waals surface area contributed by atoms with Gasteiger partial charge in [0.1, 0.15) is 5.82 Å². The fourth-order valence-electron chi connectivity index (χ4n) is 3.45. The van der Waals surface area contributed by atoms with Crippen molar-refractivity contribution in [3.8, 4) is 0 Å². The Kier molecular flexibility index (Phi) is 5.84. The maximum Gasteiger partial charge on any atom is 0.251 e. The summed E-state index contributed by atoms with van der Waals surface area (Å²) in [6.45, 7) is 0.562. The molecule has 1 amide bonds. The molecule has 0 saturated heterocycles. The maximum atomic E-state index is 13.2. The number of carbonyl (C=O) groups excluding carboxylic acids is 1. The lowest BCUT2D eigenvalue weighted by Gasteiger charge is -2.30. The lowest BCUT2D eigenvalue weighted by atomic mass is 9.78. The molecule has 0 aliphatic heterocycles. The molecule has 0 atom stereocenters. The molecule has 5 heteroatoms. The zero-order valence-corrected chi connectivity index (χ0v) is 14.2. The first-order valence-electron chi connectivity index (χ1n) is 7.99. The Labute approximate surface area is 147 Å². The summed E-state index contributed by atoms with van der Waals surface area (Å²) in [6.07, 6.45) is 4.28. The van der Waals surface area contributed by atoms with E-state index in [-0.39, 0.29) is 29.5 Å². The summed E-state index contributed by atoms with van der Waals surface area (Å²) in [5, 5.41) is 3.03. The van der Waals surface area contributed by atoms with Gasteiger partial charge in [0.15, 0.2) is 0 Å². The lowest BCUT2D eigenvalue weighted by Crippen LogP contribution is -2.39. The molecule has 0 spiro atoms. The molecule has 1 aliphatic carbocycles. The van der Waals surface area contributed by atoms with Crippen molar-refractivity contribution in [2.75, 3.05) is 12.3 Å². The summed E-state index contributed by atoms with van der Waals surface area (Å²) in [7, 11) is 0. The molecule has 128 valence electrons. The number of carbonyl (C=O) groups is 1. The number of halogens is 2. The van der Waals surface area contributed by atoms with Crippen LogP contribution in [0, 0.1) is 5.82 Å². The first-order valence-corrected chi connectivity index (χ1v) is 7.99. The highest BCUT2D eigenvalue weighted by Gasteiger charge is 2.35. The molecular weight excluding hydrogens is 327 g/mol. The van der Waals surface area contributed by atoms with Crippen LogP contribution < -0.4 is 11.1 Å². The van der Waals surface area contributed by atoms with Gasteiger partial charge in [0.25, 0.3) is 5.91 Å². The third-order valence-corrected chi connectivity index (χ3v) is 4.75. The number of anilines is 1. The number of hydrogen-bond acceptors (Lipinski definition) is 2. The molecule has 1 aliphatic rings. The maximum absolute atomic E-state index is 13.2. The molecule has 3 N–H and O–H groups in total. The Morgan fingerprint density at radius 1 is 1.12 bits per heavy atom. The van der Waals surface area contributed by atoms with Crippen molar-refractivity contribution in [2.45, 2.75) is 31.1 Å². The van der Waals surface area contributed by atoms with Gasteiger partial charge in [0.05, 0.1) is 0 Å². The molecule has 0 aromatic heterocycles. The summed E-state index contributed by atoms with van der Waals surface area (Å²) in [5.74, 6) is -0.351. The number of rotatable bonds is 4. The highest BCUT2D eigenvalue weighted by Crippen LogP contribution is 2.40. The molecule has 0 unspecified atom stereocenters. The number of nitrogens with one attached hydrogen (secondary N) is 1. The average molecular weight is 349 g/mol. The molecule has 0 bridgehead atoms. The molecule has 1 fully saturated rings. The molecule has 3 nitrogen and oxygen atoms in total. The fourth-order valence-corrected chi connectivity index (χ4v) is 3.45. The Morgan fingerprint density at radius 2 is 1.79 bits per heavy atom. The third kappa shape index (κ3) is 3.88. The van der Waals surface area contributed by atoms with Crippen LogP contribution in [0.3, 0.4) is 0 Å². The van der Waals surface area contributed by atoms with E-state index in [0.29, 0.717) is 17.8 Å². The van der Waals surface area contributed by atoms with Crippen LogP contribution in [0.15, 0.2) is 48.5 Å². The van der Waals surface area contributed by atoms with Gasteiger partial charge in [-0.05, 0) is 48.7 Å². The van der Waals surface area contributed by atoms with E-state index in [1.807, 2.05) is 12.1 Å². The molecule has 3 rings (SSSR count). The topological polar surface area (TPSA) is 55.1 Å². The number of nitrogens with two attached hydrogens (primary N) is 1. The number of hydrogen-bond donors (Lipinski definition) is 2. The number of nitrogen functional groups attached to an aromatic ring is 1. The third-order valence-electron chi connectivity index (χ3n) is 4.75. The number of benzene rings is 2. The average Bonchev–Trinajstić information content (AvgIpc) is 3.03. The summed E-state index contributed by atoms with van der Waals surface area (Å²) in [5.41, 5.74) is 7.88. The number of amides is 1. The summed E-state index contributed by atoms with van der Waals surface area (Å²) in [4.78, 5) is 12.4. The van der Waals surface area contributed by atoms with Crippen molar-refractivity contribution in [1.82, 2.24) is 5.32 Å². The van der Waals surface area contributed by atoms with E-state index in [1.54, 1.807) is 24.3 Å². The molecule has 0 radical (unpaired) electrons. The molecule has 1 saturated carbocycles. The Balaban J connectivity index is 0.00000208. The normalized spacial score (nSPS) is 15.5. The summed E-state index contributed by atoms with van der Waals surface area (Å²) >= 11 is 0. The van der Waals surface area contributed by atoms with Gasteiger partial charge in [-0.25, -0.2) is 4.39 Å². The molecule has 0 heterocycles. The first kappa shape index (κ1) is 18.3. The van der Waals surface area contributed by atoms with Gasteiger partial charge in [-0.1, -0.05) is 31.0 Å². The van der Waals surface area contributed by atoms with Crippen LogP contribution >= 0.6 is 12.4 Å². The van der Waals surface area contributed by atoms with Crippen molar-refractivity contribution in [3.05, 3.63) is 65.5 Å². The Hall–Kier alpha value is -2.07. The van der Waals surface area contributed by atoms with E-state index in [2.05, 4.69) is 5.32 Å². The Bertz CT molecular complexity index is 697. The highest BCUT2D eigenvalue weighted by atomic mass is 35.5. The second kappa shape index (κ2) is 7.67. The van der Waals surface area contributed by atoms with Crippen LogP contribution in [0.5, 0.6) is 0 Å². The second-order valence-corrected chi connectivity index (χ2v) is 6.30. The SMILES string of the molecule is Cl.Nc1cccc(C(=O)NCC2(c3ccc(F)cc3)CCCC2)c1. The quantitative estimate of drug-likeness (QED) is 0.818. The van der Waals surface area contributed by atoms with Crippen molar-refractivity contribution in [2.24, 2.45) is 0 Å². The minimum Gasteiger partial charge on any atom is -0.399 e. The zero-order chi connectivity index (χ0) is 16.3. The lowest BCUT2D eigenvalue weighted by molar-refractivity contribution is 0.0943. The van der Waals surface area contributed by atoms with Gasteiger partial charge in [0.2, 0.25) is 0 Å². The molecule has 2 aromatic rings. The van der Waals surface area contributed by atoms with Crippen LogP contribution in [-0.4, -0.2) is 12.5 Å². The fraction of sp³-hybridized carbons (Fsp3) is 0.316. The standard InChI is InChI=1S/C19H21FN2O.ClH/c20-16-8-6-15(7-9-16)19(10-1-2-11-19)13-22-18(23)14-4-3-5-17(21)12-14;/h3-9,12H,1-2,10-11,13,21H2,(H,22,23);1H. The van der Waals surface area contributed by atoms with Gasteiger partial charge >= 0.3 is 0 Å². The van der Waals surface area contributed by atoms with Crippen LogP contribution in [0.2, 0.25) is 0 Å². The van der Waals surface area contributed by atoms with E-state index in [0.717, 1.165) is 31.2 Å². The smallest absolute Gasteiger partial charge is 0.251 e. The van der Waals surface area contributed by atoms with Crippen molar-refractivity contribution in [3.63, 3.8) is 0 Å². The highest BCUT2D eigenvalue weighted by molar-refractivity contribution is 5.95. The van der Waals surface area contributed by atoms with Gasteiger partial charge in [-0.15, -0.1) is 12.4 Å². The van der Waals surface area contributed by atoms with E-state index in [4.69, 9.17) is 5.73 Å². The Morgan fingerprint density at radius 3 is 2.42 bits per heavy atom. The molecule has 2 aromatic carbocycles. The predicted octanol–water partition coefficient (Wildman–Crippen LogP) is 4.07. The van der Waals surface area contributed by atoms with Crippen LogP contribution in [0.25, 0.3) is 0 Å². The minimum absolute atomic E-state index is 0. The summed E-state index contributed by atoms with van der Waals surface area (Å²) < 4.78 is 13.2. The largest absolute Gasteiger partial charge is 0.399 e. The second-order valence-electron chi connectivity index (χ2n) is 6.30. The van der Waals surface area contributed by atoms with Crippen LogP contribution in [0.1, 0.15) is 41.6 Å². The monoisotopic (exact) mass is 348 g/mol. The van der Waals surface area contributed by atoms with Crippen molar-refractivity contribution >= 4 is 24.0 Å². The first-order chi connectivity index (χ1) is 11.1. The van der Waals surface area contributed by atoms with Gasteiger partial charge in [-0.2, -0.15) is 0 Å². The van der Waals surface area contributed by atoms with E-state index < -0.39 is 0 Å². The summed E-state index contributed by atoms with van der Waals surface area (Å²) in [6, 6.07) is 13.6. The van der Waals surface area contributed by atoms with Crippen molar-refractivity contribution < 1.29 is 9.18 Å². The van der Waals surface area contributed by atoms with Gasteiger partial charge in [-0.3, -0.25) is 4.79 Å². The molecule has 24 heavy (non-hydrogen) atoms. The zero-order valence-electron chi connectivity index (χ0n) is 13.4. The van der Waals surface area contributed by atoms with E-state index in [9.17, 15) is 9.18 Å². The minimum atomic E-state index is -0.231. The van der Waals surface area contributed by atoms with E-state index >= 15 is 0 Å². The van der Waals surface area contributed by atoms with Crippen molar-refractivity contribution in [1.29, 1.82) is 0 Å². The van der Waals surface area contributed by atoms with Crippen LogP contribution in [-0.2, 0) is 5.41 Å². The molecular formula is C19H22ClFN2O. The van der Waals surface area contributed by atoms with Gasteiger partial charge in [0, 0.05) is 23.2 Å². The van der Waals surface area contributed by atoms with Crippen LogP contribution in [0.4, 0.5) is 10.1 Å².